The van der Waals surface area contributed by atoms with E-state index in [0.29, 0.717) is 38.5 Å². The zero-order valence-corrected chi connectivity index (χ0v) is 15.5. The molecule has 142 valence electrons. The van der Waals surface area contributed by atoms with Crippen molar-refractivity contribution >= 4 is 11.8 Å². The predicted octanol–water partition coefficient (Wildman–Crippen LogP) is 1.47. The fourth-order valence-corrected chi connectivity index (χ4v) is 4.95. The summed E-state index contributed by atoms with van der Waals surface area (Å²) in [6.45, 7) is 3.71. The number of carbonyl (C=O) groups is 2. The van der Waals surface area contributed by atoms with Crippen molar-refractivity contribution in [3.63, 3.8) is 0 Å². The van der Waals surface area contributed by atoms with Gasteiger partial charge in [0.1, 0.15) is 5.41 Å². The second-order valence-corrected chi connectivity index (χ2v) is 8.63. The van der Waals surface area contributed by atoms with Crippen molar-refractivity contribution in [3.8, 4) is 0 Å². The Hall–Kier alpha value is -1.14. The normalized spacial score (nSPS) is 28.3. The molecule has 0 bridgehead atoms. The van der Waals surface area contributed by atoms with Crippen molar-refractivity contribution in [2.24, 2.45) is 11.1 Å². The van der Waals surface area contributed by atoms with E-state index >= 15 is 0 Å². The number of primary amides is 1. The molecule has 3 aliphatic carbocycles. The van der Waals surface area contributed by atoms with Crippen molar-refractivity contribution in [3.05, 3.63) is 0 Å². The van der Waals surface area contributed by atoms with E-state index in [-0.39, 0.29) is 5.91 Å². The summed E-state index contributed by atoms with van der Waals surface area (Å²) >= 11 is 0. The first-order valence-electron chi connectivity index (χ1n) is 9.74. The Morgan fingerprint density at radius 3 is 1.48 bits per heavy atom. The van der Waals surface area contributed by atoms with Crippen LogP contribution in [0.4, 0.5) is 0 Å². The molecule has 3 saturated carbocycles. The van der Waals surface area contributed by atoms with Crippen molar-refractivity contribution in [2.45, 2.75) is 101 Å². The molecule has 0 radical (unpaired) electrons. The molecule has 0 spiro atoms. The van der Waals surface area contributed by atoms with Gasteiger partial charge in [0.15, 0.2) is 0 Å². The van der Waals surface area contributed by atoms with Crippen LogP contribution in [0.5, 0.6) is 0 Å². The van der Waals surface area contributed by atoms with Gasteiger partial charge in [0.05, 0.1) is 23.3 Å². The highest BCUT2D eigenvalue weighted by atomic mass is 16.3. The van der Waals surface area contributed by atoms with E-state index in [4.69, 9.17) is 5.73 Å². The van der Waals surface area contributed by atoms with Gasteiger partial charge in [-0.15, -0.1) is 0 Å². The maximum Gasteiger partial charge on any atom is 0.238 e. The third-order valence-corrected chi connectivity index (χ3v) is 7.19. The summed E-state index contributed by atoms with van der Waals surface area (Å²) in [7, 11) is 0. The van der Waals surface area contributed by atoms with E-state index in [1.807, 2.05) is 13.8 Å². The molecule has 2 unspecified atom stereocenters. The molecule has 0 saturated heterocycles. The molecular formula is C19H32N2O4. The van der Waals surface area contributed by atoms with Gasteiger partial charge in [0, 0.05) is 0 Å². The molecule has 2 atom stereocenters. The van der Waals surface area contributed by atoms with Crippen LogP contribution in [0.2, 0.25) is 0 Å². The van der Waals surface area contributed by atoms with Gasteiger partial charge in [-0.2, -0.15) is 0 Å². The average Bonchev–Trinajstić information content (AvgIpc) is 3.08. The Kier molecular flexibility index (Phi) is 4.65. The largest absolute Gasteiger partial charge is 0.388 e. The number of carbonyl (C=O) groups excluding carboxylic acids is 2. The number of amides is 2. The maximum absolute atomic E-state index is 13.4. The van der Waals surface area contributed by atoms with Crippen LogP contribution >= 0.6 is 0 Å². The Bertz CT molecular complexity index is 518. The van der Waals surface area contributed by atoms with E-state index in [0.717, 1.165) is 25.7 Å². The zero-order chi connectivity index (χ0) is 18.5. The zero-order valence-electron chi connectivity index (χ0n) is 15.5. The lowest BCUT2D eigenvalue weighted by molar-refractivity contribution is -0.161. The van der Waals surface area contributed by atoms with Crippen molar-refractivity contribution in [1.29, 1.82) is 0 Å². The van der Waals surface area contributed by atoms with Gasteiger partial charge in [-0.25, -0.2) is 0 Å². The smallest absolute Gasteiger partial charge is 0.238 e. The van der Waals surface area contributed by atoms with Crippen LogP contribution in [-0.2, 0) is 9.59 Å². The van der Waals surface area contributed by atoms with Crippen LogP contribution in [0.25, 0.3) is 0 Å². The quantitative estimate of drug-likeness (QED) is 0.630. The van der Waals surface area contributed by atoms with E-state index in [1.54, 1.807) is 4.90 Å². The predicted molar refractivity (Wildman–Crippen MR) is 93.5 cm³/mol. The summed E-state index contributed by atoms with van der Waals surface area (Å²) < 4.78 is 0. The van der Waals surface area contributed by atoms with E-state index in [1.165, 1.54) is 0 Å². The number of nitrogens with zero attached hydrogens (tertiary/aromatic N) is 1. The first-order chi connectivity index (χ1) is 11.7. The van der Waals surface area contributed by atoms with Crippen LogP contribution in [-0.4, -0.2) is 50.2 Å². The summed E-state index contributed by atoms with van der Waals surface area (Å²) in [5.74, 6) is -0.889. The molecule has 6 heteroatoms. The fraction of sp³-hybridized carbons (Fsp3) is 0.895. The molecular weight excluding hydrogens is 320 g/mol. The molecule has 25 heavy (non-hydrogen) atoms. The second kappa shape index (κ2) is 6.23. The lowest BCUT2D eigenvalue weighted by Crippen LogP contribution is -2.63. The summed E-state index contributed by atoms with van der Waals surface area (Å²) in [5.41, 5.74) is 2.50. The second-order valence-electron chi connectivity index (χ2n) is 8.63. The molecule has 0 aromatic rings. The Morgan fingerprint density at radius 1 is 0.840 bits per heavy atom. The van der Waals surface area contributed by atoms with Gasteiger partial charge in [-0.3, -0.25) is 9.59 Å². The minimum absolute atomic E-state index is 0.305. The van der Waals surface area contributed by atoms with Gasteiger partial charge in [0.25, 0.3) is 0 Å². The molecule has 0 aliphatic heterocycles. The molecule has 0 aromatic carbocycles. The highest BCUT2D eigenvalue weighted by Gasteiger charge is 2.60. The van der Waals surface area contributed by atoms with Crippen LogP contribution in [0.3, 0.4) is 0 Å². The highest BCUT2D eigenvalue weighted by molar-refractivity contribution is 6.07. The third-order valence-electron chi connectivity index (χ3n) is 7.19. The molecule has 2 amide bonds. The molecule has 3 fully saturated rings. The minimum atomic E-state index is -1.13. The van der Waals surface area contributed by atoms with Crippen molar-refractivity contribution in [1.82, 2.24) is 4.90 Å². The van der Waals surface area contributed by atoms with Gasteiger partial charge in [0.2, 0.25) is 11.8 Å². The Balaban J connectivity index is 1.93. The summed E-state index contributed by atoms with van der Waals surface area (Å²) in [6, 6.07) is -0.891. The SMILES string of the molecule is CC(N(C(=O)C1(C(N)=O)CC1)C(C)C1(O)CCCC1)C1(O)CCCC1. The molecule has 0 aromatic heterocycles. The molecule has 4 N–H and O–H groups in total. The summed E-state index contributed by atoms with van der Waals surface area (Å²) in [4.78, 5) is 26.9. The van der Waals surface area contributed by atoms with E-state index in [2.05, 4.69) is 0 Å². The Labute approximate surface area is 149 Å². The summed E-state index contributed by atoms with van der Waals surface area (Å²) in [6.07, 6.45) is 7.25. The third kappa shape index (κ3) is 2.97. The van der Waals surface area contributed by atoms with Crippen LogP contribution in [0.15, 0.2) is 0 Å². The van der Waals surface area contributed by atoms with Gasteiger partial charge in [-0.1, -0.05) is 25.7 Å². The van der Waals surface area contributed by atoms with Crippen LogP contribution in [0, 0.1) is 5.41 Å². The first kappa shape index (κ1) is 18.6. The topological polar surface area (TPSA) is 104 Å². The number of aliphatic hydroxyl groups is 2. The number of hydrogen-bond acceptors (Lipinski definition) is 4. The molecule has 0 heterocycles. The first-order valence-corrected chi connectivity index (χ1v) is 9.74. The minimum Gasteiger partial charge on any atom is -0.388 e. The van der Waals surface area contributed by atoms with Crippen LogP contribution < -0.4 is 5.73 Å². The van der Waals surface area contributed by atoms with Gasteiger partial charge >= 0.3 is 0 Å². The van der Waals surface area contributed by atoms with Crippen LogP contribution in [0.1, 0.15) is 78.1 Å². The van der Waals surface area contributed by atoms with Gasteiger partial charge < -0.3 is 20.8 Å². The summed E-state index contributed by atoms with van der Waals surface area (Å²) in [5, 5.41) is 22.2. The molecule has 3 rings (SSSR count). The van der Waals surface area contributed by atoms with E-state index in [9.17, 15) is 19.8 Å². The lowest BCUT2D eigenvalue weighted by atomic mass is 9.85. The maximum atomic E-state index is 13.4. The number of hydrogen-bond donors (Lipinski definition) is 3. The monoisotopic (exact) mass is 352 g/mol. The standard InChI is InChI=1S/C19H32N2O4/c1-13(18(24)7-3-4-8-18)21(14(2)19(25)9-5-6-10-19)16(23)17(11-12-17)15(20)22/h13-14,24-25H,3-12H2,1-2H3,(H2,20,22). The number of nitrogens with two attached hydrogens (primary N) is 1. The van der Waals surface area contributed by atoms with Gasteiger partial charge in [-0.05, 0) is 52.4 Å². The van der Waals surface area contributed by atoms with E-state index < -0.39 is 34.6 Å². The Morgan fingerprint density at radius 2 is 1.20 bits per heavy atom. The lowest BCUT2D eigenvalue weighted by Gasteiger charge is -2.47. The average molecular weight is 352 g/mol. The molecule has 3 aliphatic rings. The highest BCUT2D eigenvalue weighted by Crippen LogP contribution is 2.50. The fourth-order valence-electron chi connectivity index (χ4n) is 4.95. The van der Waals surface area contributed by atoms with Crippen molar-refractivity contribution < 1.29 is 19.8 Å². The number of rotatable bonds is 6. The molecule has 6 nitrogen and oxygen atoms in total. The van der Waals surface area contributed by atoms with Crippen molar-refractivity contribution in [2.75, 3.05) is 0 Å².